The summed E-state index contributed by atoms with van der Waals surface area (Å²) in [5.74, 6) is 0.350. The predicted octanol–water partition coefficient (Wildman–Crippen LogP) is 3.06. The highest BCUT2D eigenvalue weighted by molar-refractivity contribution is 5.56. The number of halogens is 2. The molecular weight excluding hydrogens is 252 g/mol. The Morgan fingerprint density at radius 1 is 1.37 bits per heavy atom. The second-order valence-corrected chi connectivity index (χ2v) is 4.37. The molecule has 0 aromatic heterocycles. The van der Waals surface area contributed by atoms with Gasteiger partial charge in [0, 0.05) is 12.6 Å². The Bertz CT molecular complexity index is 445. The van der Waals surface area contributed by atoms with Crippen molar-refractivity contribution >= 4 is 6.08 Å². The fourth-order valence-electron chi connectivity index (χ4n) is 1.70. The van der Waals surface area contributed by atoms with E-state index in [1.54, 1.807) is 12.1 Å². The minimum atomic E-state index is -2.85. The van der Waals surface area contributed by atoms with E-state index >= 15 is 0 Å². The van der Waals surface area contributed by atoms with Crippen LogP contribution in [0.4, 0.5) is 8.78 Å². The SMILES string of the molecule is COc1cc(C=CCNC2CC2)ccc1OC(F)F. The van der Waals surface area contributed by atoms with Crippen LogP contribution in [0.3, 0.4) is 0 Å². The molecule has 1 aliphatic rings. The Balaban J connectivity index is 1.96. The molecule has 104 valence electrons. The minimum absolute atomic E-state index is 0.0470. The molecule has 1 aliphatic carbocycles. The maximum atomic E-state index is 12.2. The van der Waals surface area contributed by atoms with Crippen LogP contribution < -0.4 is 14.8 Å². The summed E-state index contributed by atoms with van der Waals surface area (Å²) in [6.45, 7) is -2.04. The highest BCUT2D eigenvalue weighted by Gasteiger charge is 2.18. The molecule has 0 bridgehead atoms. The van der Waals surface area contributed by atoms with Gasteiger partial charge in [0.05, 0.1) is 7.11 Å². The standard InChI is InChI=1S/C14H17F2NO2/c1-18-13-9-10(3-2-8-17-11-5-6-11)4-7-12(13)19-14(15)16/h2-4,7,9,11,14,17H,5-6,8H2,1H3. The van der Waals surface area contributed by atoms with Gasteiger partial charge in [-0.25, -0.2) is 0 Å². The van der Waals surface area contributed by atoms with Crippen molar-refractivity contribution in [2.24, 2.45) is 0 Å². The summed E-state index contributed by atoms with van der Waals surface area (Å²) in [4.78, 5) is 0. The van der Waals surface area contributed by atoms with Crippen LogP contribution in [0.25, 0.3) is 6.08 Å². The first kappa shape index (κ1) is 13.8. The fourth-order valence-corrected chi connectivity index (χ4v) is 1.70. The lowest BCUT2D eigenvalue weighted by atomic mass is 10.2. The van der Waals surface area contributed by atoms with Gasteiger partial charge in [0.2, 0.25) is 0 Å². The van der Waals surface area contributed by atoms with Gasteiger partial charge in [-0.15, -0.1) is 0 Å². The number of rotatable bonds is 7. The summed E-state index contributed by atoms with van der Waals surface area (Å²) >= 11 is 0. The molecule has 0 radical (unpaired) electrons. The maximum Gasteiger partial charge on any atom is 0.387 e. The van der Waals surface area contributed by atoms with E-state index in [-0.39, 0.29) is 5.75 Å². The van der Waals surface area contributed by atoms with Crippen molar-refractivity contribution in [3.8, 4) is 11.5 Å². The smallest absolute Gasteiger partial charge is 0.387 e. The third-order valence-electron chi connectivity index (χ3n) is 2.82. The van der Waals surface area contributed by atoms with Crippen LogP contribution in [0.1, 0.15) is 18.4 Å². The van der Waals surface area contributed by atoms with Crippen molar-refractivity contribution in [2.45, 2.75) is 25.5 Å². The molecule has 1 aromatic rings. The first-order valence-electron chi connectivity index (χ1n) is 6.22. The second-order valence-electron chi connectivity index (χ2n) is 4.37. The molecule has 19 heavy (non-hydrogen) atoms. The lowest BCUT2D eigenvalue weighted by Gasteiger charge is -2.10. The summed E-state index contributed by atoms with van der Waals surface area (Å²) < 4.78 is 33.7. The van der Waals surface area contributed by atoms with Crippen molar-refractivity contribution in [1.29, 1.82) is 0 Å². The van der Waals surface area contributed by atoms with E-state index < -0.39 is 6.61 Å². The monoisotopic (exact) mass is 269 g/mol. The number of hydrogen-bond acceptors (Lipinski definition) is 3. The van der Waals surface area contributed by atoms with Crippen LogP contribution >= 0.6 is 0 Å². The quantitative estimate of drug-likeness (QED) is 0.825. The van der Waals surface area contributed by atoms with E-state index in [9.17, 15) is 8.78 Å². The zero-order valence-electron chi connectivity index (χ0n) is 10.7. The van der Waals surface area contributed by atoms with Crippen LogP contribution in [0.2, 0.25) is 0 Å². The summed E-state index contributed by atoms with van der Waals surface area (Å²) in [5, 5.41) is 3.35. The number of hydrogen-bond donors (Lipinski definition) is 1. The third-order valence-corrected chi connectivity index (χ3v) is 2.82. The molecule has 1 saturated carbocycles. The van der Waals surface area contributed by atoms with E-state index in [4.69, 9.17) is 4.74 Å². The molecule has 0 heterocycles. The number of ether oxygens (including phenoxy) is 2. The third kappa shape index (κ3) is 4.52. The lowest BCUT2D eigenvalue weighted by Crippen LogP contribution is -2.15. The van der Waals surface area contributed by atoms with Gasteiger partial charge in [-0.1, -0.05) is 18.2 Å². The zero-order valence-corrected chi connectivity index (χ0v) is 10.7. The van der Waals surface area contributed by atoms with E-state index in [0.717, 1.165) is 12.1 Å². The molecule has 3 nitrogen and oxygen atoms in total. The molecule has 0 aliphatic heterocycles. The van der Waals surface area contributed by atoms with Crippen molar-refractivity contribution in [3.05, 3.63) is 29.8 Å². The van der Waals surface area contributed by atoms with Crippen molar-refractivity contribution < 1.29 is 18.3 Å². The van der Waals surface area contributed by atoms with Crippen LogP contribution in [-0.4, -0.2) is 26.3 Å². The second kappa shape index (κ2) is 6.52. The molecule has 0 saturated heterocycles. The van der Waals surface area contributed by atoms with Gasteiger partial charge in [0.1, 0.15) is 0 Å². The Morgan fingerprint density at radius 3 is 2.79 bits per heavy atom. The molecule has 1 fully saturated rings. The van der Waals surface area contributed by atoms with Gasteiger partial charge in [-0.3, -0.25) is 0 Å². The molecule has 0 unspecified atom stereocenters. The molecule has 0 atom stereocenters. The van der Waals surface area contributed by atoms with Crippen molar-refractivity contribution in [1.82, 2.24) is 5.32 Å². The molecule has 5 heteroatoms. The molecular formula is C14H17F2NO2. The topological polar surface area (TPSA) is 30.5 Å². The Kier molecular flexibility index (Phi) is 4.74. The van der Waals surface area contributed by atoms with E-state index in [0.29, 0.717) is 11.8 Å². The van der Waals surface area contributed by atoms with Gasteiger partial charge < -0.3 is 14.8 Å². The Hall–Kier alpha value is -1.62. The van der Waals surface area contributed by atoms with Gasteiger partial charge in [0.25, 0.3) is 0 Å². The first-order chi connectivity index (χ1) is 9.19. The van der Waals surface area contributed by atoms with Crippen molar-refractivity contribution in [3.63, 3.8) is 0 Å². The molecule has 0 spiro atoms. The van der Waals surface area contributed by atoms with E-state index in [1.807, 2.05) is 12.2 Å². The van der Waals surface area contributed by atoms with Crippen LogP contribution in [0, 0.1) is 0 Å². The largest absolute Gasteiger partial charge is 0.493 e. The predicted molar refractivity (Wildman–Crippen MR) is 69.7 cm³/mol. The maximum absolute atomic E-state index is 12.2. The Labute approximate surface area is 111 Å². The fraction of sp³-hybridized carbons (Fsp3) is 0.429. The minimum Gasteiger partial charge on any atom is -0.493 e. The number of methoxy groups -OCH3 is 1. The first-order valence-corrected chi connectivity index (χ1v) is 6.22. The zero-order chi connectivity index (χ0) is 13.7. The van der Waals surface area contributed by atoms with Gasteiger partial charge >= 0.3 is 6.61 Å². The van der Waals surface area contributed by atoms with E-state index in [2.05, 4.69) is 10.1 Å². The molecule has 0 amide bonds. The highest BCUT2D eigenvalue weighted by atomic mass is 19.3. The van der Waals surface area contributed by atoms with Crippen LogP contribution in [0.15, 0.2) is 24.3 Å². The molecule has 1 aromatic carbocycles. The number of benzene rings is 1. The van der Waals surface area contributed by atoms with Crippen LogP contribution in [-0.2, 0) is 0 Å². The van der Waals surface area contributed by atoms with Crippen molar-refractivity contribution in [2.75, 3.05) is 13.7 Å². The van der Waals surface area contributed by atoms with Gasteiger partial charge in [0.15, 0.2) is 11.5 Å². The average molecular weight is 269 g/mol. The van der Waals surface area contributed by atoms with Gasteiger partial charge in [-0.05, 0) is 30.5 Å². The number of alkyl halides is 2. The lowest BCUT2D eigenvalue weighted by molar-refractivity contribution is -0.0512. The molecule has 2 rings (SSSR count). The Morgan fingerprint density at radius 2 is 2.16 bits per heavy atom. The number of nitrogens with one attached hydrogen (secondary N) is 1. The summed E-state index contributed by atoms with van der Waals surface area (Å²) in [5.41, 5.74) is 0.885. The van der Waals surface area contributed by atoms with Gasteiger partial charge in [-0.2, -0.15) is 8.78 Å². The average Bonchev–Trinajstić information content (AvgIpc) is 3.19. The molecule has 1 N–H and O–H groups in total. The summed E-state index contributed by atoms with van der Waals surface area (Å²) in [7, 11) is 1.43. The summed E-state index contributed by atoms with van der Waals surface area (Å²) in [6, 6.07) is 5.54. The highest BCUT2D eigenvalue weighted by Crippen LogP contribution is 2.29. The normalized spacial score (nSPS) is 15.2. The van der Waals surface area contributed by atoms with Crippen LogP contribution in [0.5, 0.6) is 11.5 Å². The summed E-state index contributed by atoms with van der Waals surface area (Å²) in [6.07, 6.45) is 6.42. The van der Waals surface area contributed by atoms with E-state index in [1.165, 1.54) is 26.0 Å².